The number of rotatable bonds is 4. The fourth-order valence-electron chi connectivity index (χ4n) is 4.03. The summed E-state index contributed by atoms with van der Waals surface area (Å²) in [7, 11) is 0. The molecule has 0 spiro atoms. The molecule has 8 nitrogen and oxygen atoms in total. The summed E-state index contributed by atoms with van der Waals surface area (Å²) in [6, 6.07) is 12.7. The molecule has 10 heteroatoms. The molecule has 0 bridgehead atoms. The van der Waals surface area contributed by atoms with Gasteiger partial charge in [0.05, 0.1) is 10.6 Å². The van der Waals surface area contributed by atoms with Gasteiger partial charge < -0.3 is 9.80 Å². The van der Waals surface area contributed by atoms with Crippen molar-refractivity contribution in [2.75, 3.05) is 31.1 Å². The van der Waals surface area contributed by atoms with E-state index in [1.807, 2.05) is 22.4 Å². The average Bonchev–Trinajstić information content (AvgIpc) is 3.39. The van der Waals surface area contributed by atoms with E-state index in [0.29, 0.717) is 47.3 Å². The van der Waals surface area contributed by atoms with Crippen molar-refractivity contribution in [3.63, 3.8) is 0 Å². The Bertz CT molecular complexity index is 1360. The average molecular weight is 466 g/mol. The molecule has 0 saturated carbocycles. The number of anilines is 1. The SMILES string of the molecule is Cc1c(C(=O)N2CCN(c3ccc(F)cc3)CC2)sc2nc(-c3cccc([N+](=O)[O-])c3)cn12. The first-order valence-electron chi connectivity index (χ1n) is 10.4. The molecular weight excluding hydrogens is 445 g/mol. The minimum Gasteiger partial charge on any atom is -0.368 e. The van der Waals surface area contributed by atoms with Crippen LogP contribution in [0.25, 0.3) is 16.2 Å². The third-order valence-corrected chi connectivity index (χ3v) is 7.01. The molecule has 33 heavy (non-hydrogen) atoms. The van der Waals surface area contributed by atoms with Gasteiger partial charge in [-0.3, -0.25) is 19.3 Å². The van der Waals surface area contributed by atoms with Crippen LogP contribution >= 0.6 is 11.3 Å². The first-order valence-corrected chi connectivity index (χ1v) is 11.3. The second-order valence-corrected chi connectivity index (χ2v) is 8.84. The summed E-state index contributed by atoms with van der Waals surface area (Å²) in [5, 5.41) is 11.1. The lowest BCUT2D eigenvalue weighted by Gasteiger charge is -2.36. The number of halogens is 1. The molecule has 1 aliphatic rings. The largest absolute Gasteiger partial charge is 0.368 e. The molecule has 1 aliphatic heterocycles. The monoisotopic (exact) mass is 465 g/mol. The van der Waals surface area contributed by atoms with Crippen molar-refractivity contribution in [3.8, 4) is 11.3 Å². The van der Waals surface area contributed by atoms with Crippen molar-refractivity contribution in [1.29, 1.82) is 0 Å². The summed E-state index contributed by atoms with van der Waals surface area (Å²) in [5.41, 5.74) is 3.04. The van der Waals surface area contributed by atoms with E-state index in [0.717, 1.165) is 11.4 Å². The van der Waals surface area contributed by atoms with Crippen molar-refractivity contribution in [3.05, 3.63) is 81.2 Å². The number of hydrogen-bond acceptors (Lipinski definition) is 6. The van der Waals surface area contributed by atoms with Gasteiger partial charge in [0.2, 0.25) is 0 Å². The molecule has 168 valence electrons. The van der Waals surface area contributed by atoms with Crippen LogP contribution in [0.3, 0.4) is 0 Å². The number of thiazole rings is 1. The molecule has 4 aromatic rings. The Morgan fingerprint density at radius 2 is 1.85 bits per heavy atom. The van der Waals surface area contributed by atoms with Crippen LogP contribution in [0.1, 0.15) is 15.4 Å². The van der Waals surface area contributed by atoms with E-state index in [1.165, 1.54) is 35.6 Å². The Balaban J connectivity index is 1.33. The zero-order valence-corrected chi connectivity index (χ0v) is 18.6. The first-order chi connectivity index (χ1) is 15.9. The Morgan fingerprint density at radius 1 is 1.12 bits per heavy atom. The molecule has 5 rings (SSSR count). The number of aryl methyl sites for hydroxylation is 1. The smallest absolute Gasteiger partial charge is 0.270 e. The summed E-state index contributed by atoms with van der Waals surface area (Å²) < 4.78 is 15.0. The standard InChI is InChI=1S/C23H20FN5O3S/c1-15-21(22(30)27-11-9-26(10-12-27)18-7-5-17(24)6-8-18)33-23-25-20(14-28(15)23)16-3-2-4-19(13-16)29(31)32/h2-8,13-14H,9-12H2,1H3. The van der Waals surface area contributed by atoms with E-state index in [4.69, 9.17) is 0 Å². The lowest BCUT2D eigenvalue weighted by molar-refractivity contribution is -0.384. The number of non-ortho nitro benzene ring substituents is 1. The molecule has 1 amide bonds. The number of nitrogens with zero attached hydrogens (tertiary/aromatic N) is 5. The maximum Gasteiger partial charge on any atom is 0.270 e. The van der Waals surface area contributed by atoms with Gasteiger partial charge in [-0.25, -0.2) is 9.37 Å². The molecule has 0 N–H and O–H groups in total. The Hall–Kier alpha value is -3.79. The van der Waals surface area contributed by atoms with Gasteiger partial charge in [-0.2, -0.15) is 0 Å². The molecular formula is C23H20FN5O3S. The van der Waals surface area contributed by atoms with Crippen molar-refractivity contribution < 1.29 is 14.1 Å². The van der Waals surface area contributed by atoms with Gasteiger partial charge in [0.1, 0.15) is 10.7 Å². The highest BCUT2D eigenvalue weighted by molar-refractivity contribution is 7.19. The second kappa shape index (κ2) is 8.28. The molecule has 0 aliphatic carbocycles. The van der Waals surface area contributed by atoms with Gasteiger partial charge in [0, 0.05) is 61.5 Å². The maximum absolute atomic E-state index is 13.2. The van der Waals surface area contributed by atoms with Gasteiger partial charge in [-0.1, -0.05) is 23.5 Å². The molecule has 2 aromatic carbocycles. The lowest BCUT2D eigenvalue weighted by Crippen LogP contribution is -2.48. The molecule has 1 saturated heterocycles. The third-order valence-electron chi connectivity index (χ3n) is 5.86. The summed E-state index contributed by atoms with van der Waals surface area (Å²) in [4.78, 5) is 33.7. The van der Waals surface area contributed by atoms with Crippen LogP contribution in [0, 0.1) is 22.9 Å². The zero-order valence-electron chi connectivity index (χ0n) is 17.8. The minimum atomic E-state index is -0.431. The van der Waals surface area contributed by atoms with Crippen LogP contribution < -0.4 is 4.90 Å². The number of benzene rings is 2. The van der Waals surface area contributed by atoms with Crippen molar-refractivity contribution >= 4 is 33.6 Å². The first kappa shape index (κ1) is 21.1. The van der Waals surface area contributed by atoms with Crippen LogP contribution in [-0.2, 0) is 0 Å². The topological polar surface area (TPSA) is 84.0 Å². The summed E-state index contributed by atoms with van der Waals surface area (Å²) in [5.74, 6) is -0.293. The molecule has 0 atom stereocenters. The highest BCUT2D eigenvalue weighted by Gasteiger charge is 2.26. The summed E-state index contributed by atoms with van der Waals surface area (Å²) >= 11 is 1.32. The van der Waals surface area contributed by atoms with E-state index in [1.54, 1.807) is 24.3 Å². The fraction of sp³-hybridized carbons (Fsp3) is 0.217. The number of nitro benzene ring substituents is 1. The molecule has 1 fully saturated rings. The number of carbonyl (C=O) groups is 1. The van der Waals surface area contributed by atoms with Gasteiger partial charge in [-0.05, 0) is 31.2 Å². The van der Waals surface area contributed by atoms with Gasteiger partial charge in [0.15, 0.2) is 4.96 Å². The summed E-state index contributed by atoms with van der Waals surface area (Å²) in [6.07, 6.45) is 1.81. The van der Waals surface area contributed by atoms with Gasteiger partial charge >= 0.3 is 0 Å². The van der Waals surface area contributed by atoms with Crippen LogP contribution in [0.5, 0.6) is 0 Å². The number of nitro groups is 1. The predicted molar refractivity (Wildman–Crippen MR) is 124 cm³/mol. The normalized spacial score (nSPS) is 14.1. The van der Waals surface area contributed by atoms with Crippen molar-refractivity contribution in [1.82, 2.24) is 14.3 Å². The number of carbonyl (C=O) groups excluding carboxylic acids is 1. The van der Waals surface area contributed by atoms with E-state index in [9.17, 15) is 19.3 Å². The number of imidazole rings is 1. The van der Waals surface area contributed by atoms with Crippen LogP contribution in [0.4, 0.5) is 15.8 Å². The number of piperazine rings is 1. The number of hydrogen-bond donors (Lipinski definition) is 0. The highest BCUT2D eigenvalue weighted by Crippen LogP contribution is 2.30. The van der Waals surface area contributed by atoms with E-state index < -0.39 is 4.92 Å². The highest BCUT2D eigenvalue weighted by atomic mass is 32.1. The van der Waals surface area contributed by atoms with Crippen LogP contribution in [-0.4, -0.2) is 51.3 Å². The molecule has 3 heterocycles. The minimum absolute atomic E-state index is 0.0104. The zero-order chi connectivity index (χ0) is 23.1. The number of aromatic nitrogens is 2. The molecule has 2 aromatic heterocycles. The van der Waals surface area contributed by atoms with Gasteiger partial charge in [0.25, 0.3) is 11.6 Å². The fourth-order valence-corrected chi connectivity index (χ4v) is 5.11. The lowest BCUT2D eigenvalue weighted by atomic mass is 10.1. The van der Waals surface area contributed by atoms with Crippen molar-refractivity contribution in [2.24, 2.45) is 0 Å². The number of amides is 1. The third kappa shape index (κ3) is 3.93. The van der Waals surface area contributed by atoms with E-state index in [2.05, 4.69) is 9.88 Å². The van der Waals surface area contributed by atoms with Crippen molar-refractivity contribution in [2.45, 2.75) is 6.92 Å². The quantitative estimate of drug-likeness (QED) is 0.330. The summed E-state index contributed by atoms with van der Waals surface area (Å²) in [6.45, 7) is 4.39. The Morgan fingerprint density at radius 3 is 2.52 bits per heavy atom. The maximum atomic E-state index is 13.2. The Labute approximate surface area is 192 Å². The van der Waals surface area contributed by atoms with E-state index in [-0.39, 0.29) is 17.4 Å². The molecule has 0 unspecified atom stereocenters. The number of fused-ring (bicyclic) bond motifs is 1. The van der Waals surface area contributed by atoms with Crippen LogP contribution in [0.2, 0.25) is 0 Å². The predicted octanol–water partition coefficient (Wildman–Crippen LogP) is 4.38. The second-order valence-electron chi connectivity index (χ2n) is 7.86. The van der Waals surface area contributed by atoms with E-state index >= 15 is 0 Å². The van der Waals surface area contributed by atoms with Crippen LogP contribution in [0.15, 0.2) is 54.7 Å². The van der Waals surface area contributed by atoms with Gasteiger partial charge in [-0.15, -0.1) is 0 Å². The Kier molecular flexibility index (Phi) is 5.29. The molecule has 0 radical (unpaired) electrons.